The fraction of sp³-hybridized carbons (Fsp3) is 0.611. The molecular formula is C18H28N2O4S. The fourth-order valence-electron chi connectivity index (χ4n) is 3.28. The van der Waals surface area contributed by atoms with E-state index >= 15 is 0 Å². The molecule has 1 atom stereocenters. The van der Waals surface area contributed by atoms with Gasteiger partial charge < -0.3 is 9.64 Å². The number of piperidine rings is 1. The van der Waals surface area contributed by atoms with Crippen LogP contribution in [0, 0.1) is 0 Å². The fourth-order valence-corrected chi connectivity index (χ4v) is 4.92. The molecule has 1 aliphatic rings. The van der Waals surface area contributed by atoms with E-state index in [0.29, 0.717) is 25.2 Å². The van der Waals surface area contributed by atoms with Crippen LogP contribution in [0.5, 0.6) is 5.75 Å². The van der Waals surface area contributed by atoms with Gasteiger partial charge in [-0.3, -0.25) is 4.79 Å². The quantitative estimate of drug-likeness (QED) is 0.774. The lowest BCUT2D eigenvalue weighted by Crippen LogP contribution is -2.42. The molecular weight excluding hydrogens is 340 g/mol. The number of ether oxygens (including phenoxy) is 1. The van der Waals surface area contributed by atoms with Gasteiger partial charge in [-0.25, -0.2) is 8.42 Å². The summed E-state index contributed by atoms with van der Waals surface area (Å²) in [5, 5.41) is 0. The molecule has 1 aromatic carbocycles. The Bertz CT molecular complexity index is 714. The van der Waals surface area contributed by atoms with E-state index in [2.05, 4.69) is 0 Å². The molecule has 25 heavy (non-hydrogen) atoms. The highest BCUT2D eigenvalue weighted by Crippen LogP contribution is 2.29. The number of carbonyl (C=O) groups is 1. The maximum absolute atomic E-state index is 12.9. The van der Waals surface area contributed by atoms with Gasteiger partial charge in [-0.2, -0.15) is 4.31 Å². The Morgan fingerprint density at radius 1 is 1.28 bits per heavy atom. The number of nitrogens with zero attached hydrogens (tertiary/aromatic N) is 2. The minimum Gasteiger partial charge on any atom is -0.495 e. The Balaban J connectivity index is 2.45. The van der Waals surface area contributed by atoms with Crippen molar-refractivity contribution in [2.24, 2.45) is 0 Å². The first-order valence-corrected chi connectivity index (χ1v) is 10.3. The molecule has 6 nitrogen and oxygen atoms in total. The van der Waals surface area contributed by atoms with Crippen molar-refractivity contribution >= 4 is 15.9 Å². The molecule has 0 saturated carbocycles. The Kier molecular flexibility index (Phi) is 6.46. The number of methoxy groups -OCH3 is 1. The first-order chi connectivity index (χ1) is 11.9. The molecule has 2 rings (SSSR count). The molecule has 1 aromatic rings. The smallest absolute Gasteiger partial charge is 0.254 e. The molecule has 1 unspecified atom stereocenters. The predicted molar refractivity (Wildman–Crippen MR) is 97.5 cm³/mol. The Morgan fingerprint density at radius 3 is 2.52 bits per heavy atom. The van der Waals surface area contributed by atoms with Crippen LogP contribution in [0.2, 0.25) is 0 Å². The zero-order valence-corrected chi connectivity index (χ0v) is 16.3. The third-order valence-electron chi connectivity index (χ3n) is 4.80. The van der Waals surface area contributed by atoms with E-state index in [0.717, 1.165) is 19.3 Å². The van der Waals surface area contributed by atoms with Crippen LogP contribution in [-0.2, 0) is 10.0 Å². The van der Waals surface area contributed by atoms with Crippen LogP contribution in [0.15, 0.2) is 23.1 Å². The maximum Gasteiger partial charge on any atom is 0.254 e. The second-order valence-electron chi connectivity index (χ2n) is 6.30. The van der Waals surface area contributed by atoms with E-state index in [1.807, 2.05) is 11.8 Å². The van der Waals surface area contributed by atoms with Crippen LogP contribution in [0.3, 0.4) is 0 Å². The van der Waals surface area contributed by atoms with Gasteiger partial charge in [0, 0.05) is 31.2 Å². The number of hydrogen-bond donors (Lipinski definition) is 0. The summed E-state index contributed by atoms with van der Waals surface area (Å²) in [7, 11) is -2.27. The predicted octanol–water partition coefficient (Wildman–Crippen LogP) is 2.74. The highest BCUT2D eigenvalue weighted by atomic mass is 32.2. The lowest BCUT2D eigenvalue weighted by Gasteiger charge is -2.33. The standard InChI is InChI=1S/C18H28N2O4S/c1-5-19(6-2)25(22,23)17-13-15(10-11-16(17)24-4)18(21)20-12-8-7-9-14(20)3/h10-11,13-14H,5-9,12H2,1-4H3. The minimum atomic E-state index is -3.71. The third kappa shape index (κ3) is 3.98. The number of rotatable bonds is 6. The topological polar surface area (TPSA) is 66.9 Å². The summed E-state index contributed by atoms with van der Waals surface area (Å²) in [6.45, 7) is 7.06. The van der Waals surface area contributed by atoms with Crippen molar-refractivity contribution in [2.75, 3.05) is 26.7 Å². The van der Waals surface area contributed by atoms with Crippen LogP contribution in [0.4, 0.5) is 0 Å². The van der Waals surface area contributed by atoms with Crippen molar-refractivity contribution in [2.45, 2.75) is 51.0 Å². The van der Waals surface area contributed by atoms with E-state index < -0.39 is 10.0 Å². The van der Waals surface area contributed by atoms with Crippen LogP contribution >= 0.6 is 0 Å². The summed E-state index contributed by atoms with van der Waals surface area (Å²) in [5.41, 5.74) is 0.389. The van der Waals surface area contributed by atoms with E-state index in [-0.39, 0.29) is 22.6 Å². The van der Waals surface area contributed by atoms with Gasteiger partial charge in [0.25, 0.3) is 5.91 Å². The van der Waals surface area contributed by atoms with Gasteiger partial charge in [-0.05, 0) is 44.4 Å². The van der Waals surface area contributed by atoms with Crippen LogP contribution in [-0.4, -0.2) is 56.3 Å². The molecule has 140 valence electrons. The largest absolute Gasteiger partial charge is 0.495 e. The zero-order valence-electron chi connectivity index (χ0n) is 15.5. The molecule has 0 N–H and O–H groups in total. The number of carbonyl (C=O) groups excluding carboxylic acids is 1. The highest BCUT2D eigenvalue weighted by molar-refractivity contribution is 7.89. The lowest BCUT2D eigenvalue weighted by atomic mass is 10.0. The molecule has 1 saturated heterocycles. The van der Waals surface area contributed by atoms with Gasteiger partial charge in [0.1, 0.15) is 10.6 Å². The maximum atomic E-state index is 12.9. The first-order valence-electron chi connectivity index (χ1n) is 8.85. The van der Waals surface area contributed by atoms with E-state index in [4.69, 9.17) is 4.74 Å². The summed E-state index contributed by atoms with van der Waals surface area (Å²) in [5.74, 6) is 0.140. The van der Waals surface area contributed by atoms with Crippen molar-refractivity contribution in [1.82, 2.24) is 9.21 Å². The molecule has 0 aliphatic carbocycles. The van der Waals surface area contributed by atoms with Gasteiger partial charge in [0.15, 0.2) is 0 Å². The van der Waals surface area contributed by atoms with Crippen molar-refractivity contribution < 1.29 is 17.9 Å². The SMILES string of the molecule is CCN(CC)S(=O)(=O)c1cc(C(=O)N2CCCCC2C)ccc1OC. The van der Waals surface area contributed by atoms with Crippen LogP contribution in [0.25, 0.3) is 0 Å². The highest BCUT2D eigenvalue weighted by Gasteiger charge is 2.29. The Hall–Kier alpha value is -1.60. The molecule has 1 amide bonds. The van der Waals surface area contributed by atoms with Crippen molar-refractivity contribution in [3.63, 3.8) is 0 Å². The minimum absolute atomic E-state index is 0.0502. The normalized spacial score (nSPS) is 18.4. The Labute approximate surface area is 150 Å². The number of hydrogen-bond acceptors (Lipinski definition) is 4. The van der Waals surface area contributed by atoms with E-state index in [1.165, 1.54) is 17.5 Å². The summed E-state index contributed by atoms with van der Waals surface area (Å²) in [4.78, 5) is 14.8. The molecule has 0 radical (unpaired) electrons. The van der Waals surface area contributed by atoms with E-state index in [1.54, 1.807) is 26.0 Å². The number of likely N-dealkylation sites (tertiary alicyclic amines) is 1. The molecule has 0 spiro atoms. The van der Waals surface area contributed by atoms with E-state index in [9.17, 15) is 13.2 Å². The average molecular weight is 368 g/mol. The monoisotopic (exact) mass is 368 g/mol. The molecule has 1 heterocycles. The summed E-state index contributed by atoms with van der Waals surface area (Å²) < 4.78 is 32.4. The second kappa shape index (κ2) is 8.19. The number of sulfonamides is 1. The third-order valence-corrected chi connectivity index (χ3v) is 6.87. The number of benzene rings is 1. The van der Waals surface area contributed by atoms with Crippen molar-refractivity contribution in [3.8, 4) is 5.75 Å². The van der Waals surface area contributed by atoms with Crippen LogP contribution < -0.4 is 4.74 Å². The summed E-state index contributed by atoms with van der Waals surface area (Å²) in [6.07, 6.45) is 3.08. The van der Waals surface area contributed by atoms with Gasteiger partial charge in [-0.1, -0.05) is 13.8 Å². The van der Waals surface area contributed by atoms with Gasteiger partial charge in [0.2, 0.25) is 10.0 Å². The molecule has 0 aromatic heterocycles. The Morgan fingerprint density at radius 2 is 1.96 bits per heavy atom. The summed E-state index contributed by atoms with van der Waals surface area (Å²) in [6, 6.07) is 4.84. The second-order valence-corrected chi connectivity index (χ2v) is 8.20. The summed E-state index contributed by atoms with van der Waals surface area (Å²) >= 11 is 0. The molecule has 1 fully saturated rings. The first kappa shape index (κ1) is 19.7. The number of amides is 1. The average Bonchev–Trinajstić information content (AvgIpc) is 2.61. The van der Waals surface area contributed by atoms with Gasteiger partial charge in [0.05, 0.1) is 7.11 Å². The lowest BCUT2D eigenvalue weighted by molar-refractivity contribution is 0.0635. The van der Waals surface area contributed by atoms with Crippen LogP contribution in [0.1, 0.15) is 50.4 Å². The molecule has 0 bridgehead atoms. The van der Waals surface area contributed by atoms with Gasteiger partial charge in [-0.15, -0.1) is 0 Å². The molecule has 1 aliphatic heterocycles. The zero-order chi connectivity index (χ0) is 18.6. The van der Waals surface area contributed by atoms with Gasteiger partial charge >= 0.3 is 0 Å². The molecule has 7 heteroatoms. The van der Waals surface area contributed by atoms with Crippen molar-refractivity contribution in [3.05, 3.63) is 23.8 Å². The van der Waals surface area contributed by atoms with Crippen molar-refractivity contribution in [1.29, 1.82) is 0 Å².